The van der Waals surface area contributed by atoms with Gasteiger partial charge in [-0.1, -0.05) is 0 Å². The molecule has 3 rings (SSSR count). The van der Waals surface area contributed by atoms with E-state index in [1.807, 2.05) is 34.6 Å². The number of aryl methyl sites for hydroxylation is 1. The lowest BCUT2D eigenvalue weighted by atomic mass is 10.4. The summed E-state index contributed by atoms with van der Waals surface area (Å²) in [4.78, 5) is 13.0. The van der Waals surface area contributed by atoms with Crippen LogP contribution in [0, 0.1) is 0 Å². The maximum Gasteiger partial charge on any atom is 0.161 e. The highest BCUT2D eigenvalue weighted by atomic mass is 15.1. The van der Waals surface area contributed by atoms with Gasteiger partial charge in [-0.15, -0.1) is 0 Å². The summed E-state index contributed by atoms with van der Waals surface area (Å²) in [5.74, 6) is 0.841. The van der Waals surface area contributed by atoms with Crippen molar-refractivity contribution in [3.8, 4) is 11.5 Å². The van der Waals surface area contributed by atoms with Crippen molar-refractivity contribution in [2.24, 2.45) is 12.8 Å². The number of hydrogen-bond donors (Lipinski definition) is 1. The molecule has 18 heavy (non-hydrogen) atoms. The minimum Gasteiger partial charge on any atom is -0.335 e. The van der Waals surface area contributed by atoms with Crippen molar-refractivity contribution < 1.29 is 0 Å². The largest absolute Gasteiger partial charge is 0.335 e. The van der Waals surface area contributed by atoms with Crippen LogP contribution in [0.2, 0.25) is 0 Å². The highest BCUT2D eigenvalue weighted by molar-refractivity contribution is 5.78. The average molecular weight is 242 g/mol. The van der Waals surface area contributed by atoms with Crippen LogP contribution in [-0.4, -0.2) is 30.6 Å². The second-order valence-electron chi connectivity index (χ2n) is 4.14. The molecule has 0 aromatic carbocycles. The second kappa shape index (κ2) is 4.23. The number of hydrogen-bond acceptors (Lipinski definition) is 4. The molecule has 92 valence electrons. The van der Waals surface area contributed by atoms with E-state index < -0.39 is 0 Å². The minimum absolute atomic E-state index is 0.599. The first kappa shape index (κ1) is 10.9. The molecule has 3 heterocycles. The van der Waals surface area contributed by atoms with Gasteiger partial charge in [0.15, 0.2) is 5.82 Å². The Balaban J connectivity index is 2.10. The fourth-order valence-electron chi connectivity index (χ4n) is 2.01. The molecule has 0 spiro atoms. The van der Waals surface area contributed by atoms with Gasteiger partial charge in [-0.05, 0) is 6.07 Å². The molecule has 0 amide bonds. The first-order valence-electron chi connectivity index (χ1n) is 5.78. The molecule has 0 bridgehead atoms. The maximum absolute atomic E-state index is 5.52. The Hall–Kier alpha value is -2.21. The summed E-state index contributed by atoms with van der Waals surface area (Å²) in [6, 6.07) is 1.90. The molecule has 0 fully saturated rings. The van der Waals surface area contributed by atoms with E-state index in [2.05, 4.69) is 15.0 Å². The van der Waals surface area contributed by atoms with Gasteiger partial charge in [0.25, 0.3) is 0 Å². The molecule has 3 aromatic rings. The quantitative estimate of drug-likeness (QED) is 0.737. The number of pyridine rings is 1. The van der Waals surface area contributed by atoms with Gasteiger partial charge < -0.3 is 14.9 Å². The first-order chi connectivity index (χ1) is 8.79. The third-order valence-electron chi connectivity index (χ3n) is 2.93. The summed E-state index contributed by atoms with van der Waals surface area (Å²) in [7, 11) is 1.97. The van der Waals surface area contributed by atoms with Crippen molar-refractivity contribution in [2.45, 2.75) is 6.54 Å². The van der Waals surface area contributed by atoms with Gasteiger partial charge in [-0.3, -0.25) is 4.98 Å². The predicted octanol–water partition coefficient (Wildman–Crippen LogP) is 0.790. The Labute approximate surface area is 104 Å². The lowest BCUT2D eigenvalue weighted by molar-refractivity contribution is 0.708. The molecule has 0 saturated heterocycles. The van der Waals surface area contributed by atoms with Crippen LogP contribution < -0.4 is 5.73 Å². The molecule has 6 heteroatoms. The third kappa shape index (κ3) is 1.67. The van der Waals surface area contributed by atoms with Crippen LogP contribution in [0.4, 0.5) is 0 Å². The second-order valence-corrected chi connectivity index (χ2v) is 4.14. The van der Waals surface area contributed by atoms with Gasteiger partial charge in [0.2, 0.25) is 0 Å². The molecule has 0 aliphatic rings. The normalized spacial score (nSPS) is 11.2. The summed E-state index contributed by atoms with van der Waals surface area (Å²) < 4.78 is 3.96. The van der Waals surface area contributed by atoms with Crippen molar-refractivity contribution in [3.05, 3.63) is 31.0 Å². The minimum atomic E-state index is 0.599. The molecule has 2 N–H and O–H groups in total. The predicted molar refractivity (Wildman–Crippen MR) is 68.8 cm³/mol. The summed E-state index contributed by atoms with van der Waals surface area (Å²) in [6.07, 6.45) is 7.29. The zero-order valence-electron chi connectivity index (χ0n) is 10.1. The Bertz CT molecular complexity index is 681. The van der Waals surface area contributed by atoms with Crippen molar-refractivity contribution in [1.29, 1.82) is 0 Å². The summed E-state index contributed by atoms with van der Waals surface area (Å²) in [5.41, 5.74) is 8.30. The molecule has 3 aromatic heterocycles. The number of aromatic nitrogens is 5. The van der Waals surface area contributed by atoms with Crippen LogP contribution in [0.3, 0.4) is 0 Å². The Morgan fingerprint density at radius 1 is 1.39 bits per heavy atom. The zero-order chi connectivity index (χ0) is 12.5. The third-order valence-corrected chi connectivity index (χ3v) is 2.93. The fourth-order valence-corrected chi connectivity index (χ4v) is 2.01. The van der Waals surface area contributed by atoms with Crippen LogP contribution in [0.15, 0.2) is 31.0 Å². The fraction of sp³-hybridized carbons (Fsp3) is 0.250. The van der Waals surface area contributed by atoms with Crippen LogP contribution in [0.5, 0.6) is 0 Å². The van der Waals surface area contributed by atoms with E-state index in [-0.39, 0.29) is 0 Å². The zero-order valence-corrected chi connectivity index (χ0v) is 10.1. The summed E-state index contributed by atoms with van der Waals surface area (Å²) in [6.45, 7) is 1.36. The molecule has 0 atom stereocenters. The van der Waals surface area contributed by atoms with Gasteiger partial charge in [-0.2, -0.15) is 0 Å². The van der Waals surface area contributed by atoms with Crippen LogP contribution in [0.25, 0.3) is 22.6 Å². The first-order valence-corrected chi connectivity index (χ1v) is 5.78. The number of fused-ring (bicyclic) bond motifs is 1. The van der Waals surface area contributed by atoms with E-state index in [0.717, 1.165) is 29.1 Å². The van der Waals surface area contributed by atoms with Crippen LogP contribution >= 0.6 is 0 Å². The number of imidazole rings is 2. The number of nitrogens with two attached hydrogens (primary N) is 1. The molecular weight excluding hydrogens is 228 g/mol. The van der Waals surface area contributed by atoms with Crippen LogP contribution in [-0.2, 0) is 13.6 Å². The standard InChI is InChI=1S/C12H14N6/c1-17-11-6-14-4-2-9(11)16-12(17)10-7-18(5-3-13)8-15-10/h2,4,6-8H,3,5,13H2,1H3. The summed E-state index contributed by atoms with van der Waals surface area (Å²) >= 11 is 0. The Kier molecular flexibility index (Phi) is 2.56. The van der Waals surface area contributed by atoms with Crippen molar-refractivity contribution in [3.63, 3.8) is 0 Å². The molecule has 0 saturated carbocycles. The molecule has 0 unspecified atom stereocenters. The molecule has 6 nitrogen and oxygen atoms in total. The van der Waals surface area contributed by atoms with Gasteiger partial charge in [0, 0.05) is 32.5 Å². The highest BCUT2D eigenvalue weighted by Gasteiger charge is 2.11. The molecular formula is C12H14N6. The maximum atomic E-state index is 5.52. The summed E-state index contributed by atoms with van der Waals surface area (Å²) in [5, 5.41) is 0. The monoisotopic (exact) mass is 242 g/mol. The lowest BCUT2D eigenvalue weighted by Gasteiger charge is -1.98. The number of nitrogens with zero attached hydrogens (tertiary/aromatic N) is 5. The Morgan fingerprint density at radius 2 is 2.28 bits per heavy atom. The average Bonchev–Trinajstić information content (AvgIpc) is 2.96. The van der Waals surface area contributed by atoms with E-state index in [1.54, 1.807) is 12.5 Å². The lowest BCUT2D eigenvalue weighted by Crippen LogP contribution is -2.07. The SMILES string of the molecule is Cn1c(-c2cn(CCN)cn2)nc2ccncc21. The van der Waals surface area contributed by atoms with Crippen molar-refractivity contribution in [1.82, 2.24) is 24.1 Å². The van der Waals surface area contributed by atoms with Gasteiger partial charge in [0.05, 0.1) is 23.6 Å². The van der Waals surface area contributed by atoms with E-state index >= 15 is 0 Å². The van der Waals surface area contributed by atoms with Crippen LogP contribution in [0.1, 0.15) is 0 Å². The van der Waals surface area contributed by atoms with Gasteiger partial charge in [0.1, 0.15) is 5.69 Å². The van der Waals surface area contributed by atoms with Crippen molar-refractivity contribution >= 4 is 11.0 Å². The highest BCUT2D eigenvalue weighted by Crippen LogP contribution is 2.21. The van der Waals surface area contributed by atoms with E-state index in [9.17, 15) is 0 Å². The van der Waals surface area contributed by atoms with E-state index in [4.69, 9.17) is 5.73 Å². The van der Waals surface area contributed by atoms with Crippen molar-refractivity contribution in [2.75, 3.05) is 6.54 Å². The van der Waals surface area contributed by atoms with Gasteiger partial charge in [-0.25, -0.2) is 9.97 Å². The van der Waals surface area contributed by atoms with Gasteiger partial charge >= 0.3 is 0 Å². The van der Waals surface area contributed by atoms with E-state index in [1.165, 1.54) is 0 Å². The molecule has 0 aliphatic carbocycles. The topological polar surface area (TPSA) is 74.5 Å². The van der Waals surface area contributed by atoms with E-state index in [0.29, 0.717) is 6.54 Å². The molecule has 0 radical (unpaired) electrons. The number of rotatable bonds is 3. The smallest absolute Gasteiger partial charge is 0.161 e. The molecule has 0 aliphatic heterocycles. The Morgan fingerprint density at radius 3 is 3.06 bits per heavy atom.